The van der Waals surface area contributed by atoms with E-state index in [9.17, 15) is 18.0 Å². The van der Waals surface area contributed by atoms with Crippen LogP contribution in [0.4, 0.5) is 13.2 Å². The van der Waals surface area contributed by atoms with Crippen molar-refractivity contribution in [1.29, 1.82) is 0 Å². The van der Waals surface area contributed by atoms with Crippen LogP contribution in [0.25, 0.3) is 0 Å². The molecule has 0 unspecified atom stereocenters. The van der Waals surface area contributed by atoms with E-state index in [1.165, 1.54) is 0 Å². The van der Waals surface area contributed by atoms with Crippen molar-refractivity contribution in [1.82, 2.24) is 10.6 Å². The minimum atomic E-state index is -5.08. The Kier molecular flexibility index (Phi) is 5.02. The summed E-state index contributed by atoms with van der Waals surface area (Å²) in [6, 6.07) is 5.75. The van der Waals surface area contributed by atoms with Gasteiger partial charge in [-0.1, -0.05) is 11.6 Å². The SMILES string of the molecule is Cc1ccc2c(c1)C(=O)NC1(CCNCC1)O2.O=C(O)C(F)(F)F. The molecule has 2 heterocycles. The minimum Gasteiger partial charge on any atom is -0.475 e. The molecule has 3 N–H and O–H groups in total. The molecule has 2 aliphatic heterocycles. The van der Waals surface area contributed by atoms with Gasteiger partial charge in [0.05, 0.1) is 5.56 Å². The molecule has 1 fully saturated rings. The first-order chi connectivity index (χ1) is 11.1. The van der Waals surface area contributed by atoms with E-state index in [0.29, 0.717) is 11.3 Å². The summed E-state index contributed by atoms with van der Waals surface area (Å²) < 4.78 is 37.7. The van der Waals surface area contributed by atoms with Crippen LogP contribution in [0.5, 0.6) is 5.75 Å². The molecular formula is C15H17F3N2O4. The van der Waals surface area contributed by atoms with Crippen LogP contribution in [0, 0.1) is 6.92 Å². The van der Waals surface area contributed by atoms with Gasteiger partial charge in [-0.3, -0.25) is 4.79 Å². The standard InChI is InChI=1S/C13H16N2O2.C2HF3O2/c1-9-2-3-11-10(8-9)12(16)15-13(17-11)4-6-14-7-5-13;3-2(4,5)1(6)7/h2-3,8,14H,4-7H2,1H3,(H,15,16);(H,6,7). The number of carbonyl (C=O) groups is 2. The first kappa shape index (κ1) is 18.1. The fourth-order valence-electron chi connectivity index (χ4n) is 2.48. The molecule has 0 radical (unpaired) electrons. The molecule has 0 aromatic heterocycles. The van der Waals surface area contributed by atoms with Gasteiger partial charge in [-0.15, -0.1) is 0 Å². The Bertz CT molecular complexity index is 640. The van der Waals surface area contributed by atoms with E-state index < -0.39 is 17.9 Å². The van der Waals surface area contributed by atoms with Crippen LogP contribution in [-0.2, 0) is 4.79 Å². The number of hydrogen-bond acceptors (Lipinski definition) is 4. The van der Waals surface area contributed by atoms with Crippen LogP contribution in [0.3, 0.4) is 0 Å². The van der Waals surface area contributed by atoms with E-state index in [4.69, 9.17) is 14.6 Å². The number of nitrogens with one attached hydrogen (secondary N) is 2. The predicted octanol–water partition coefficient (Wildman–Crippen LogP) is 1.83. The maximum Gasteiger partial charge on any atom is 0.490 e. The first-order valence-electron chi connectivity index (χ1n) is 7.26. The van der Waals surface area contributed by atoms with Gasteiger partial charge in [0.15, 0.2) is 5.72 Å². The van der Waals surface area contributed by atoms with Crippen LogP contribution in [0.2, 0.25) is 0 Å². The second kappa shape index (κ2) is 6.68. The van der Waals surface area contributed by atoms with Crippen molar-refractivity contribution in [3.63, 3.8) is 0 Å². The van der Waals surface area contributed by atoms with Gasteiger partial charge >= 0.3 is 12.1 Å². The van der Waals surface area contributed by atoms with Crippen molar-refractivity contribution in [2.75, 3.05) is 13.1 Å². The lowest BCUT2D eigenvalue weighted by molar-refractivity contribution is -0.192. The molecule has 0 atom stereocenters. The van der Waals surface area contributed by atoms with E-state index in [1.54, 1.807) is 0 Å². The molecule has 1 amide bonds. The molecule has 24 heavy (non-hydrogen) atoms. The molecule has 1 spiro atoms. The van der Waals surface area contributed by atoms with Crippen LogP contribution in [0.1, 0.15) is 28.8 Å². The van der Waals surface area contributed by atoms with Crippen molar-refractivity contribution in [2.45, 2.75) is 31.7 Å². The number of hydrogen-bond donors (Lipinski definition) is 3. The number of aryl methyl sites for hydroxylation is 1. The number of carbonyl (C=O) groups excluding carboxylic acids is 1. The fourth-order valence-corrected chi connectivity index (χ4v) is 2.48. The third-order valence-corrected chi connectivity index (χ3v) is 3.68. The molecule has 3 rings (SSSR count). The quantitative estimate of drug-likeness (QED) is 0.667. The first-order valence-corrected chi connectivity index (χ1v) is 7.26. The van der Waals surface area contributed by atoms with Crippen LogP contribution >= 0.6 is 0 Å². The Balaban J connectivity index is 0.000000256. The second-order valence-electron chi connectivity index (χ2n) is 5.60. The third kappa shape index (κ3) is 4.16. The van der Waals surface area contributed by atoms with Crippen molar-refractivity contribution in [2.24, 2.45) is 0 Å². The molecule has 2 aliphatic rings. The largest absolute Gasteiger partial charge is 0.490 e. The topological polar surface area (TPSA) is 87.7 Å². The van der Waals surface area contributed by atoms with Gasteiger partial charge in [0.1, 0.15) is 5.75 Å². The van der Waals surface area contributed by atoms with E-state index in [2.05, 4.69) is 10.6 Å². The highest BCUT2D eigenvalue weighted by atomic mass is 19.4. The fraction of sp³-hybridized carbons (Fsp3) is 0.467. The molecule has 1 aromatic rings. The van der Waals surface area contributed by atoms with E-state index in [1.807, 2.05) is 25.1 Å². The highest BCUT2D eigenvalue weighted by Gasteiger charge is 2.40. The number of amides is 1. The Morgan fingerprint density at radius 2 is 1.88 bits per heavy atom. The maximum absolute atomic E-state index is 12.1. The summed E-state index contributed by atoms with van der Waals surface area (Å²) in [5.74, 6) is -2.06. The monoisotopic (exact) mass is 346 g/mol. The second-order valence-corrected chi connectivity index (χ2v) is 5.60. The summed E-state index contributed by atoms with van der Waals surface area (Å²) in [5, 5.41) is 13.4. The third-order valence-electron chi connectivity index (χ3n) is 3.68. The lowest BCUT2D eigenvalue weighted by Crippen LogP contribution is -2.60. The molecule has 0 bridgehead atoms. The predicted molar refractivity (Wildman–Crippen MR) is 77.8 cm³/mol. The summed E-state index contributed by atoms with van der Waals surface area (Å²) in [5.41, 5.74) is 1.22. The molecule has 132 valence electrons. The van der Waals surface area contributed by atoms with Gasteiger partial charge in [-0.05, 0) is 19.1 Å². The van der Waals surface area contributed by atoms with Gasteiger partial charge < -0.3 is 20.5 Å². The summed E-state index contributed by atoms with van der Waals surface area (Å²) in [6.45, 7) is 3.73. The number of alkyl halides is 3. The highest BCUT2D eigenvalue weighted by Crippen LogP contribution is 2.32. The number of piperidine rings is 1. The Morgan fingerprint density at radius 3 is 2.42 bits per heavy atom. The zero-order valence-electron chi connectivity index (χ0n) is 12.9. The summed E-state index contributed by atoms with van der Waals surface area (Å²) >= 11 is 0. The van der Waals surface area contributed by atoms with Crippen LogP contribution in [0.15, 0.2) is 18.2 Å². The summed E-state index contributed by atoms with van der Waals surface area (Å²) in [4.78, 5) is 21.0. The van der Waals surface area contributed by atoms with Gasteiger partial charge in [0, 0.05) is 25.9 Å². The molecule has 0 aliphatic carbocycles. The molecule has 1 saturated heterocycles. The van der Waals surface area contributed by atoms with E-state index in [-0.39, 0.29) is 5.91 Å². The van der Waals surface area contributed by atoms with E-state index >= 15 is 0 Å². The molecule has 1 aromatic carbocycles. The maximum atomic E-state index is 12.1. The Hall–Kier alpha value is -2.29. The molecule has 6 nitrogen and oxygen atoms in total. The Labute approximate surface area is 136 Å². The summed E-state index contributed by atoms with van der Waals surface area (Å²) in [7, 11) is 0. The Morgan fingerprint density at radius 1 is 1.29 bits per heavy atom. The van der Waals surface area contributed by atoms with Gasteiger partial charge in [-0.25, -0.2) is 4.79 Å². The van der Waals surface area contributed by atoms with Crippen LogP contribution < -0.4 is 15.4 Å². The number of ether oxygens (including phenoxy) is 1. The molecule has 0 saturated carbocycles. The lowest BCUT2D eigenvalue weighted by Gasteiger charge is -2.41. The number of carboxylic acid groups (broad SMARTS) is 1. The zero-order valence-corrected chi connectivity index (χ0v) is 12.9. The number of benzene rings is 1. The van der Waals surface area contributed by atoms with Crippen molar-refractivity contribution >= 4 is 11.9 Å². The number of rotatable bonds is 0. The van der Waals surface area contributed by atoms with Gasteiger partial charge in [-0.2, -0.15) is 13.2 Å². The average molecular weight is 346 g/mol. The van der Waals surface area contributed by atoms with Crippen molar-refractivity contribution < 1.29 is 32.6 Å². The van der Waals surface area contributed by atoms with Crippen molar-refractivity contribution in [3.05, 3.63) is 29.3 Å². The zero-order chi connectivity index (χ0) is 18.0. The van der Waals surface area contributed by atoms with Crippen LogP contribution in [-0.4, -0.2) is 42.0 Å². The number of halogens is 3. The number of fused-ring (bicyclic) bond motifs is 1. The number of aliphatic carboxylic acids is 1. The van der Waals surface area contributed by atoms with E-state index in [0.717, 1.165) is 31.5 Å². The van der Waals surface area contributed by atoms with Gasteiger partial charge in [0.25, 0.3) is 5.91 Å². The van der Waals surface area contributed by atoms with Crippen molar-refractivity contribution in [3.8, 4) is 5.75 Å². The number of carboxylic acids is 1. The average Bonchev–Trinajstić information content (AvgIpc) is 2.49. The highest BCUT2D eigenvalue weighted by molar-refractivity contribution is 5.98. The smallest absolute Gasteiger partial charge is 0.475 e. The molecular weight excluding hydrogens is 329 g/mol. The molecule has 9 heteroatoms. The van der Waals surface area contributed by atoms with Gasteiger partial charge in [0.2, 0.25) is 0 Å². The summed E-state index contributed by atoms with van der Waals surface area (Å²) in [6.07, 6.45) is -3.46. The normalized spacial score (nSPS) is 18.6. The minimum absolute atomic E-state index is 0.0168. The lowest BCUT2D eigenvalue weighted by atomic mass is 9.97.